The number of fused-ring (bicyclic) bond motifs is 1. The minimum absolute atomic E-state index is 0. The van der Waals surface area contributed by atoms with Gasteiger partial charge in [-0.25, -0.2) is 18.6 Å². The minimum atomic E-state index is -0.0282. The number of nitrogens with one attached hydrogen (secondary N) is 2. The summed E-state index contributed by atoms with van der Waals surface area (Å²) in [5.74, 6) is 0.00763. The average molecular weight is 369 g/mol. The van der Waals surface area contributed by atoms with E-state index in [0.29, 0.717) is 0 Å². The zero-order valence-electron chi connectivity index (χ0n) is 12.8. The molecule has 3 rings (SSSR count). The van der Waals surface area contributed by atoms with Crippen molar-refractivity contribution in [2.75, 3.05) is 5.32 Å². The summed E-state index contributed by atoms with van der Waals surface area (Å²) in [6.45, 7) is 9.03. The van der Waals surface area contributed by atoms with Crippen LogP contribution in [0.15, 0.2) is 65.9 Å². The number of para-hydroxylation sites is 1. The Labute approximate surface area is 157 Å². The van der Waals surface area contributed by atoms with Gasteiger partial charge < -0.3 is 17.6 Å². The molecule has 0 bridgehead atoms. The quantitative estimate of drug-likeness (QED) is 0.621. The number of amides is 1. The number of benzene rings is 1. The van der Waals surface area contributed by atoms with Gasteiger partial charge in [0.1, 0.15) is 0 Å². The van der Waals surface area contributed by atoms with Crippen LogP contribution in [0.3, 0.4) is 0 Å². The van der Waals surface area contributed by atoms with Gasteiger partial charge in [-0.1, -0.05) is 24.3 Å². The Hall–Kier alpha value is -1.32. The van der Waals surface area contributed by atoms with Crippen LogP contribution < -0.4 is 10.6 Å². The Morgan fingerprint density at radius 3 is 2.59 bits per heavy atom. The van der Waals surface area contributed by atoms with E-state index >= 15 is 0 Å². The second-order valence-corrected chi connectivity index (χ2v) is 4.71. The van der Waals surface area contributed by atoms with Crippen molar-refractivity contribution in [3.8, 4) is 0 Å². The SMILES string of the molecule is [CH2-]C.[CH2-]C1=CC=CC2NC(=O)/C(=C\Nc3ccccc3)C12.[Y]. The molecule has 2 N–H and O–H groups in total. The first-order chi connectivity index (χ1) is 10.3. The van der Waals surface area contributed by atoms with Gasteiger partial charge >= 0.3 is 0 Å². The van der Waals surface area contributed by atoms with E-state index in [2.05, 4.69) is 24.5 Å². The monoisotopic (exact) mass is 369 g/mol. The fourth-order valence-electron chi connectivity index (χ4n) is 2.50. The fraction of sp³-hybridized carbons (Fsp3) is 0.167. The standard InChI is InChI=1S/C16H15N2O.C2H5.Y/c1-11-6-5-9-14-15(11)13(16(19)18-14)10-17-12-7-3-2-4-8-12;1-2;/h2-10,14-15,17H,1H2,(H,18,19);1H2,2H3;/q2*-1;/b13-10-;;. The third-order valence-electron chi connectivity index (χ3n) is 3.45. The van der Waals surface area contributed by atoms with Crippen molar-refractivity contribution in [3.05, 3.63) is 79.8 Å². The number of anilines is 1. The Kier molecular flexibility index (Phi) is 7.63. The summed E-state index contributed by atoms with van der Waals surface area (Å²) >= 11 is 0. The largest absolute Gasteiger partial charge is 0.361 e. The molecule has 1 aliphatic carbocycles. The van der Waals surface area contributed by atoms with Crippen LogP contribution in [0.1, 0.15) is 6.92 Å². The number of allylic oxidation sites excluding steroid dienone is 2. The van der Waals surface area contributed by atoms with Crippen LogP contribution >= 0.6 is 0 Å². The maximum atomic E-state index is 12.0. The second kappa shape index (κ2) is 8.97. The van der Waals surface area contributed by atoms with E-state index in [4.69, 9.17) is 0 Å². The Morgan fingerprint density at radius 1 is 1.23 bits per heavy atom. The summed E-state index contributed by atoms with van der Waals surface area (Å²) in [4.78, 5) is 12.0. The summed E-state index contributed by atoms with van der Waals surface area (Å²) in [5.41, 5.74) is 2.67. The van der Waals surface area contributed by atoms with Gasteiger partial charge in [0, 0.05) is 56.1 Å². The minimum Gasteiger partial charge on any atom is -0.361 e. The average Bonchev–Trinajstić information content (AvgIpc) is 2.85. The number of hydrogen-bond donors (Lipinski definition) is 2. The molecular formula is C18H20N2OY-2. The molecular weight excluding hydrogens is 349 g/mol. The van der Waals surface area contributed by atoms with E-state index < -0.39 is 0 Å². The summed E-state index contributed by atoms with van der Waals surface area (Å²) in [7, 11) is 0. The second-order valence-electron chi connectivity index (χ2n) is 4.71. The molecule has 0 aromatic heterocycles. The van der Waals surface area contributed by atoms with Crippen molar-refractivity contribution in [1.82, 2.24) is 5.32 Å². The predicted molar refractivity (Wildman–Crippen MR) is 87.2 cm³/mol. The van der Waals surface area contributed by atoms with Crippen LogP contribution in [0.4, 0.5) is 5.69 Å². The van der Waals surface area contributed by atoms with Gasteiger partial charge in [0.05, 0.1) is 6.04 Å². The molecule has 2 atom stereocenters. The van der Waals surface area contributed by atoms with Crippen LogP contribution in [0, 0.1) is 19.8 Å². The van der Waals surface area contributed by atoms with Gasteiger partial charge in [-0.05, 0) is 12.1 Å². The molecule has 0 saturated carbocycles. The summed E-state index contributed by atoms with van der Waals surface area (Å²) in [6, 6.07) is 9.82. The van der Waals surface area contributed by atoms with E-state index in [1.165, 1.54) is 0 Å². The molecule has 1 aliphatic heterocycles. The van der Waals surface area contributed by atoms with Gasteiger partial charge in [-0.3, -0.25) is 4.79 Å². The van der Waals surface area contributed by atoms with E-state index in [9.17, 15) is 4.79 Å². The Morgan fingerprint density at radius 2 is 1.91 bits per heavy atom. The van der Waals surface area contributed by atoms with Crippen LogP contribution in [0.2, 0.25) is 0 Å². The molecule has 1 fully saturated rings. The molecule has 3 nitrogen and oxygen atoms in total. The fourth-order valence-corrected chi connectivity index (χ4v) is 2.50. The van der Waals surface area contributed by atoms with Crippen molar-refractivity contribution in [3.63, 3.8) is 0 Å². The van der Waals surface area contributed by atoms with Gasteiger partial charge in [0.25, 0.3) is 0 Å². The van der Waals surface area contributed by atoms with Crippen LogP contribution in [-0.4, -0.2) is 11.9 Å². The van der Waals surface area contributed by atoms with E-state index in [1.807, 2.05) is 48.6 Å². The molecule has 1 radical (unpaired) electrons. The molecule has 0 spiro atoms. The maximum Gasteiger partial charge on any atom is 0.249 e. The van der Waals surface area contributed by atoms with Gasteiger partial charge in [-0.2, -0.15) is 6.92 Å². The first kappa shape index (κ1) is 18.7. The molecule has 1 aromatic rings. The third kappa shape index (κ3) is 4.11. The number of carbonyl (C=O) groups excluding carboxylic acids is 1. The molecule has 22 heavy (non-hydrogen) atoms. The number of hydrogen-bond acceptors (Lipinski definition) is 2. The summed E-state index contributed by atoms with van der Waals surface area (Å²) in [5, 5.41) is 6.13. The van der Waals surface area contributed by atoms with E-state index in [1.54, 1.807) is 13.1 Å². The topological polar surface area (TPSA) is 41.1 Å². The Balaban J connectivity index is 0.000000775. The van der Waals surface area contributed by atoms with Crippen LogP contribution in [0.5, 0.6) is 0 Å². The molecule has 1 aromatic carbocycles. The van der Waals surface area contributed by atoms with Crippen LogP contribution in [-0.2, 0) is 37.5 Å². The predicted octanol–water partition coefficient (Wildman–Crippen LogP) is 3.27. The third-order valence-corrected chi connectivity index (χ3v) is 3.45. The van der Waals surface area contributed by atoms with Crippen molar-refractivity contribution in [2.45, 2.75) is 13.0 Å². The number of rotatable bonds is 2. The molecule has 1 amide bonds. The van der Waals surface area contributed by atoms with Crippen molar-refractivity contribution >= 4 is 11.6 Å². The smallest absolute Gasteiger partial charge is 0.249 e. The molecule has 1 saturated heterocycles. The van der Waals surface area contributed by atoms with E-state index in [0.717, 1.165) is 16.8 Å². The Bertz CT molecular complexity index is 590. The van der Waals surface area contributed by atoms with Crippen molar-refractivity contribution < 1.29 is 37.5 Å². The first-order valence-electron chi connectivity index (χ1n) is 6.99. The molecule has 113 valence electrons. The zero-order valence-corrected chi connectivity index (χ0v) is 15.6. The van der Waals surface area contributed by atoms with Crippen molar-refractivity contribution in [2.24, 2.45) is 5.92 Å². The van der Waals surface area contributed by atoms with Crippen molar-refractivity contribution in [1.29, 1.82) is 0 Å². The zero-order chi connectivity index (χ0) is 15.2. The van der Waals surface area contributed by atoms with Gasteiger partial charge in [-0.15, -0.1) is 6.08 Å². The van der Waals surface area contributed by atoms with Gasteiger partial charge in [0.2, 0.25) is 5.91 Å². The number of carbonyl (C=O) groups is 1. The van der Waals surface area contributed by atoms with Crippen LogP contribution in [0.25, 0.3) is 0 Å². The van der Waals surface area contributed by atoms with Gasteiger partial charge in [0.15, 0.2) is 0 Å². The molecule has 1 heterocycles. The summed E-state index contributed by atoms with van der Waals surface area (Å²) < 4.78 is 0. The molecule has 2 unspecified atom stereocenters. The molecule has 4 heteroatoms. The normalized spacial score (nSPS) is 23.5. The summed E-state index contributed by atoms with van der Waals surface area (Å²) in [6.07, 6.45) is 7.68. The molecule has 2 aliphatic rings. The maximum absolute atomic E-state index is 12.0. The first-order valence-corrected chi connectivity index (χ1v) is 6.99. The van der Waals surface area contributed by atoms with E-state index in [-0.39, 0.29) is 50.6 Å².